The minimum atomic E-state index is 0.247. The first-order valence-corrected chi connectivity index (χ1v) is 8.36. The molecule has 3 rings (SSSR count). The highest BCUT2D eigenvalue weighted by molar-refractivity contribution is 6.34. The van der Waals surface area contributed by atoms with Crippen molar-refractivity contribution in [3.8, 4) is 0 Å². The first-order chi connectivity index (χ1) is 10.1. The summed E-state index contributed by atoms with van der Waals surface area (Å²) in [6.07, 6.45) is 4.55. The molecule has 114 valence electrons. The van der Waals surface area contributed by atoms with Crippen LogP contribution in [-0.2, 0) is 13.0 Å². The number of fused-ring (bicyclic) bond motifs is 1. The maximum absolute atomic E-state index is 6.30. The third-order valence-corrected chi connectivity index (χ3v) is 5.31. The molecule has 2 aromatic rings. The summed E-state index contributed by atoms with van der Waals surface area (Å²) in [4.78, 5) is 7.09. The van der Waals surface area contributed by atoms with Gasteiger partial charge >= 0.3 is 0 Å². The molecule has 0 unspecified atom stereocenters. The Balaban J connectivity index is 2.07. The van der Waals surface area contributed by atoms with Crippen LogP contribution in [0.4, 0.5) is 0 Å². The number of alkyl halides is 1. The van der Waals surface area contributed by atoms with Crippen molar-refractivity contribution in [3.05, 3.63) is 29.0 Å². The monoisotopic (exact) mass is 325 g/mol. The van der Waals surface area contributed by atoms with Gasteiger partial charge in [0, 0.05) is 24.4 Å². The predicted octanol–water partition coefficient (Wildman–Crippen LogP) is 3.96. The summed E-state index contributed by atoms with van der Waals surface area (Å²) in [6.45, 7) is 0.961. The first kappa shape index (κ1) is 15.1. The third kappa shape index (κ3) is 2.56. The number of imidazole rings is 1. The van der Waals surface area contributed by atoms with Gasteiger partial charge in [0.25, 0.3) is 0 Å². The molecule has 0 N–H and O–H groups in total. The van der Waals surface area contributed by atoms with Gasteiger partial charge in [0.1, 0.15) is 11.3 Å². The van der Waals surface area contributed by atoms with Crippen LogP contribution in [-0.4, -0.2) is 40.0 Å². The maximum Gasteiger partial charge on any atom is 0.111 e. The number of likely N-dealkylation sites (N-methyl/N-ethyl adjacent to an activating group) is 1. The second-order valence-corrected chi connectivity index (χ2v) is 6.92. The SMILES string of the molecule is CN(C)C1(Cn2c(CCCl)nc3c(Cl)cccc32)CCC1. The lowest BCUT2D eigenvalue weighted by Gasteiger charge is -2.47. The fourth-order valence-corrected chi connectivity index (χ4v) is 3.62. The molecule has 0 spiro atoms. The van der Waals surface area contributed by atoms with E-state index in [4.69, 9.17) is 28.2 Å². The number of nitrogens with zero attached hydrogens (tertiary/aromatic N) is 3. The molecular formula is C16H21Cl2N3. The summed E-state index contributed by atoms with van der Waals surface area (Å²) in [5.74, 6) is 1.62. The molecule has 21 heavy (non-hydrogen) atoms. The van der Waals surface area contributed by atoms with Crippen LogP contribution in [0.25, 0.3) is 11.0 Å². The predicted molar refractivity (Wildman–Crippen MR) is 89.4 cm³/mol. The average molecular weight is 326 g/mol. The highest BCUT2D eigenvalue weighted by Crippen LogP contribution is 2.39. The van der Waals surface area contributed by atoms with E-state index >= 15 is 0 Å². The minimum Gasteiger partial charge on any atom is -0.326 e. The van der Waals surface area contributed by atoms with Crippen molar-refractivity contribution in [3.63, 3.8) is 0 Å². The summed E-state index contributed by atoms with van der Waals surface area (Å²) in [5, 5.41) is 0.717. The van der Waals surface area contributed by atoms with Crippen molar-refractivity contribution >= 4 is 34.2 Å². The fraction of sp³-hybridized carbons (Fsp3) is 0.562. The molecule has 1 aliphatic rings. The smallest absolute Gasteiger partial charge is 0.111 e. The van der Waals surface area contributed by atoms with E-state index in [0.717, 1.165) is 34.8 Å². The lowest BCUT2D eigenvalue weighted by atomic mass is 9.75. The number of rotatable bonds is 5. The Bertz CT molecular complexity index is 644. The zero-order valence-corrected chi connectivity index (χ0v) is 14.1. The van der Waals surface area contributed by atoms with E-state index in [0.29, 0.717) is 5.88 Å². The summed E-state index contributed by atoms with van der Waals surface area (Å²) >= 11 is 12.3. The Morgan fingerprint density at radius 1 is 1.33 bits per heavy atom. The fourth-order valence-electron chi connectivity index (χ4n) is 3.24. The van der Waals surface area contributed by atoms with Crippen molar-refractivity contribution in [1.29, 1.82) is 0 Å². The van der Waals surface area contributed by atoms with Crippen molar-refractivity contribution in [2.24, 2.45) is 0 Å². The van der Waals surface area contributed by atoms with Crippen molar-refractivity contribution in [1.82, 2.24) is 14.5 Å². The number of hydrogen-bond donors (Lipinski definition) is 0. The van der Waals surface area contributed by atoms with Crippen LogP contribution >= 0.6 is 23.2 Å². The molecule has 1 heterocycles. The average Bonchev–Trinajstić information content (AvgIpc) is 2.73. The number of para-hydroxylation sites is 1. The van der Waals surface area contributed by atoms with E-state index < -0.39 is 0 Å². The molecule has 1 aliphatic carbocycles. The second-order valence-electron chi connectivity index (χ2n) is 6.13. The molecule has 5 heteroatoms. The zero-order valence-electron chi connectivity index (χ0n) is 12.6. The third-order valence-electron chi connectivity index (χ3n) is 4.81. The number of aromatic nitrogens is 2. The standard InChI is InChI=1S/C16H21Cl2N3/c1-20(2)16(8-4-9-16)11-21-13-6-3-5-12(18)15(13)19-14(21)7-10-17/h3,5-6H,4,7-11H2,1-2H3. The Morgan fingerprint density at radius 2 is 2.10 bits per heavy atom. The molecule has 0 aliphatic heterocycles. The van der Waals surface area contributed by atoms with Gasteiger partial charge in [-0.15, -0.1) is 11.6 Å². The zero-order chi connectivity index (χ0) is 15.0. The van der Waals surface area contributed by atoms with Crippen molar-refractivity contribution < 1.29 is 0 Å². The highest BCUT2D eigenvalue weighted by Gasteiger charge is 2.40. The lowest BCUT2D eigenvalue weighted by Crippen LogP contribution is -2.53. The highest BCUT2D eigenvalue weighted by atomic mass is 35.5. The van der Waals surface area contributed by atoms with Gasteiger partial charge in [0.05, 0.1) is 10.5 Å². The summed E-state index contributed by atoms with van der Waals surface area (Å²) < 4.78 is 2.32. The van der Waals surface area contributed by atoms with Crippen LogP contribution in [0.2, 0.25) is 5.02 Å². The van der Waals surface area contributed by atoms with E-state index in [-0.39, 0.29) is 5.54 Å². The topological polar surface area (TPSA) is 21.1 Å². The van der Waals surface area contributed by atoms with E-state index in [9.17, 15) is 0 Å². The Labute approximate surface area is 135 Å². The van der Waals surface area contributed by atoms with E-state index in [1.165, 1.54) is 19.3 Å². The molecule has 0 amide bonds. The van der Waals surface area contributed by atoms with Crippen LogP contribution in [0.5, 0.6) is 0 Å². The summed E-state index contributed by atoms with van der Waals surface area (Å²) in [5.41, 5.74) is 2.26. The number of benzene rings is 1. The van der Waals surface area contributed by atoms with Gasteiger partial charge in [-0.1, -0.05) is 17.7 Å². The molecule has 1 saturated carbocycles. The van der Waals surface area contributed by atoms with Crippen LogP contribution in [0.3, 0.4) is 0 Å². The number of hydrogen-bond acceptors (Lipinski definition) is 2. The van der Waals surface area contributed by atoms with Gasteiger partial charge in [-0.05, 0) is 45.5 Å². The molecule has 0 radical (unpaired) electrons. The number of halogens is 2. The van der Waals surface area contributed by atoms with Gasteiger partial charge in [-0.2, -0.15) is 0 Å². The maximum atomic E-state index is 6.30. The van der Waals surface area contributed by atoms with E-state index in [1.807, 2.05) is 12.1 Å². The van der Waals surface area contributed by atoms with Gasteiger partial charge in [-0.3, -0.25) is 0 Å². The van der Waals surface area contributed by atoms with Crippen LogP contribution in [0, 0.1) is 0 Å². The number of aryl methyl sites for hydroxylation is 1. The second kappa shape index (κ2) is 5.79. The van der Waals surface area contributed by atoms with Crippen LogP contribution in [0.1, 0.15) is 25.1 Å². The molecule has 0 atom stereocenters. The Hall–Kier alpha value is -0.770. The molecule has 0 saturated heterocycles. The van der Waals surface area contributed by atoms with Gasteiger partial charge < -0.3 is 9.47 Å². The van der Waals surface area contributed by atoms with Crippen molar-refractivity contribution in [2.45, 2.75) is 37.8 Å². The van der Waals surface area contributed by atoms with Crippen molar-refractivity contribution in [2.75, 3.05) is 20.0 Å². The molecule has 1 fully saturated rings. The molecular weight excluding hydrogens is 305 g/mol. The van der Waals surface area contributed by atoms with E-state index in [1.54, 1.807) is 0 Å². The quantitative estimate of drug-likeness (QED) is 0.776. The first-order valence-electron chi connectivity index (χ1n) is 7.44. The van der Waals surface area contributed by atoms with Gasteiger partial charge in [0.2, 0.25) is 0 Å². The Kier molecular flexibility index (Phi) is 4.17. The largest absolute Gasteiger partial charge is 0.326 e. The van der Waals surface area contributed by atoms with Gasteiger partial charge in [0.15, 0.2) is 0 Å². The molecule has 1 aromatic carbocycles. The minimum absolute atomic E-state index is 0.247. The molecule has 0 bridgehead atoms. The summed E-state index contributed by atoms with van der Waals surface area (Å²) in [6, 6.07) is 6.00. The van der Waals surface area contributed by atoms with Crippen LogP contribution < -0.4 is 0 Å². The summed E-state index contributed by atoms with van der Waals surface area (Å²) in [7, 11) is 4.35. The van der Waals surface area contributed by atoms with Gasteiger partial charge in [-0.25, -0.2) is 4.98 Å². The normalized spacial score (nSPS) is 17.4. The molecule has 1 aromatic heterocycles. The van der Waals surface area contributed by atoms with Crippen LogP contribution in [0.15, 0.2) is 18.2 Å². The Morgan fingerprint density at radius 3 is 2.67 bits per heavy atom. The lowest BCUT2D eigenvalue weighted by molar-refractivity contribution is 0.0428. The van der Waals surface area contributed by atoms with E-state index in [2.05, 4.69) is 29.6 Å². The molecule has 3 nitrogen and oxygen atoms in total.